The van der Waals surface area contributed by atoms with E-state index in [2.05, 4.69) is 4.98 Å². The molecule has 0 aliphatic heterocycles. The number of fused-ring (bicyclic) bond motifs is 1. The van der Waals surface area contributed by atoms with Crippen LogP contribution in [0.2, 0.25) is 0 Å². The van der Waals surface area contributed by atoms with Gasteiger partial charge in [-0.2, -0.15) is 5.26 Å². The number of nitriles is 1. The summed E-state index contributed by atoms with van der Waals surface area (Å²) in [7, 11) is 0. The van der Waals surface area contributed by atoms with Crippen LogP contribution in [0.15, 0.2) is 42.5 Å². The molecule has 2 aromatic carbocycles. The molecule has 0 saturated heterocycles. The average molecular weight is 364 g/mol. The van der Waals surface area contributed by atoms with Gasteiger partial charge in [-0.05, 0) is 29.3 Å². The number of benzene rings is 2. The number of rotatable bonds is 5. The third-order valence-corrected chi connectivity index (χ3v) is 4.08. The summed E-state index contributed by atoms with van der Waals surface area (Å²) in [6.07, 6.45) is -0.751. The number of ketones is 1. The van der Waals surface area contributed by atoms with Crippen molar-refractivity contribution in [3.8, 4) is 22.9 Å². The number of aromatic nitrogens is 1. The molecule has 1 aromatic heterocycles. The summed E-state index contributed by atoms with van der Waals surface area (Å²) in [6, 6.07) is 12.6. The minimum atomic E-state index is -1.15. The van der Waals surface area contributed by atoms with E-state index < -0.39 is 23.9 Å². The summed E-state index contributed by atoms with van der Waals surface area (Å²) < 4.78 is 13.1. The summed E-state index contributed by atoms with van der Waals surface area (Å²) in [4.78, 5) is 27.1. The molecular weight excluding hydrogens is 351 g/mol. The topological polar surface area (TPSA) is 111 Å². The van der Waals surface area contributed by atoms with Crippen LogP contribution in [0.5, 0.6) is 5.75 Å². The molecule has 1 heterocycles. The van der Waals surface area contributed by atoms with Gasteiger partial charge in [0, 0.05) is 11.8 Å². The second-order valence-electron chi connectivity index (χ2n) is 5.85. The molecule has 0 amide bonds. The first-order valence-electron chi connectivity index (χ1n) is 7.98. The molecule has 7 heteroatoms. The first-order chi connectivity index (χ1) is 12.9. The molecule has 0 atom stereocenters. The zero-order valence-electron chi connectivity index (χ0n) is 13.9. The monoisotopic (exact) mass is 364 g/mol. The number of pyridine rings is 1. The summed E-state index contributed by atoms with van der Waals surface area (Å²) in [5.74, 6) is -2.75. The van der Waals surface area contributed by atoms with Gasteiger partial charge in [-0.25, -0.2) is 9.37 Å². The maximum atomic E-state index is 13.1. The van der Waals surface area contributed by atoms with E-state index >= 15 is 0 Å². The smallest absolute Gasteiger partial charge is 0.303 e. The first-order valence-corrected chi connectivity index (χ1v) is 7.98. The summed E-state index contributed by atoms with van der Waals surface area (Å²) in [6.45, 7) is 0. The Morgan fingerprint density at radius 3 is 2.37 bits per heavy atom. The number of aliphatic carboxylic acids is 1. The molecule has 2 N–H and O–H groups in total. The molecular formula is C20H13FN2O4. The van der Waals surface area contributed by atoms with Crippen molar-refractivity contribution in [1.29, 1.82) is 5.26 Å². The van der Waals surface area contributed by atoms with Crippen LogP contribution in [-0.2, 0) is 4.79 Å². The van der Waals surface area contributed by atoms with Crippen LogP contribution < -0.4 is 0 Å². The highest BCUT2D eigenvalue weighted by Gasteiger charge is 2.20. The Kier molecular flexibility index (Phi) is 4.81. The molecule has 0 fully saturated rings. The molecule has 0 aliphatic carbocycles. The van der Waals surface area contributed by atoms with Crippen molar-refractivity contribution in [1.82, 2.24) is 4.98 Å². The van der Waals surface area contributed by atoms with E-state index in [0.717, 1.165) is 0 Å². The lowest BCUT2D eigenvalue weighted by molar-refractivity contribution is -0.136. The van der Waals surface area contributed by atoms with Crippen molar-refractivity contribution in [2.75, 3.05) is 0 Å². The van der Waals surface area contributed by atoms with Crippen LogP contribution in [0.1, 0.15) is 28.9 Å². The average Bonchev–Trinajstić information content (AvgIpc) is 2.66. The molecule has 6 nitrogen and oxygen atoms in total. The van der Waals surface area contributed by atoms with Gasteiger partial charge in [0.05, 0.1) is 11.9 Å². The number of nitrogens with zero attached hydrogens (tertiary/aromatic N) is 2. The standard InChI is InChI=1S/C20H13FN2O4/c21-13-4-1-11(2-5-13)12-3-6-14-15(10-22)20(27)19(23-16(14)9-12)17(24)7-8-18(25)26/h1-6,9,27H,7-8H2,(H,25,26). The van der Waals surface area contributed by atoms with Crippen molar-refractivity contribution in [3.63, 3.8) is 0 Å². The van der Waals surface area contributed by atoms with E-state index in [1.165, 1.54) is 12.1 Å². The predicted molar refractivity (Wildman–Crippen MR) is 94.7 cm³/mol. The van der Waals surface area contributed by atoms with Gasteiger partial charge in [0.15, 0.2) is 11.5 Å². The third-order valence-electron chi connectivity index (χ3n) is 4.08. The zero-order chi connectivity index (χ0) is 19.6. The van der Waals surface area contributed by atoms with Crippen LogP contribution in [0.25, 0.3) is 22.0 Å². The summed E-state index contributed by atoms with van der Waals surface area (Å²) in [5, 5.41) is 28.7. The Morgan fingerprint density at radius 2 is 1.74 bits per heavy atom. The highest BCUT2D eigenvalue weighted by molar-refractivity contribution is 6.02. The Bertz CT molecular complexity index is 1100. The number of halogens is 1. The molecule has 0 bridgehead atoms. The molecule has 0 saturated carbocycles. The Balaban J connectivity index is 2.13. The Morgan fingerprint density at radius 1 is 1.07 bits per heavy atom. The molecule has 134 valence electrons. The van der Waals surface area contributed by atoms with Gasteiger partial charge in [-0.3, -0.25) is 9.59 Å². The lowest BCUT2D eigenvalue weighted by atomic mass is 9.99. The van der Waals surface area contributed by atoms with Crippen molar-refractivity contribution >= 4 is 22.7 Å². The fourth-order valence-corrected chi connectivity index (χ4v) is 2.72. The number of hydrogen-bond donors (Lipinski definition) is 2. The Labute approximate surface area is 153 Å². The second-order valence-corrected chi connectivity index (χ2v) is 5.85. The van der Waals surface area contributed by atoms with Crippen molar-refractivity contribution < 1.29 is 24.2 Å². The SMILES string of the molecule is N#Cc1c(O)c(C(=O)CCC(=O)O)nc2cc(-c3ccc(F)cc3)ccc12. The first kappa shape index (κ1) is 18.0. The summed E-state index contributed by atoms with van der Waals surface area (Å²) in [5.41, 5.74) is 1.25. The van der Waals surface area contributed by atoms with Crippen LogP contribution in [0.3, 0.4) is 0 Å². The van der Waals surface area contributed by atoms with E-state index in [-0.39, 0.29) is 23.5 Å². The van der Waals surface area contributed by atoms with Gasteiger partial charge in [-0.1, -0.05) is 24.3 Å². The third kappa shape index (κ3) is 3.60. The lowest BCUT2D eigenvalue weighted by Gasteiger charge is -2.09. The van der Waals surface area contributed by atoms with Gasteiger partial charge < -0.3 is 10.2 Å². The molecule has 3 aromatic rings. The van der Waals surface area contributed by atoms with Gasteiger partial charge in [0.25, 0.3) is 0 Å². The van der Waals surface area contributed by atoms with Gasteiger partial charge >= 0.3 is 5.97 Å². The number of carboxylic acid groups (broad SMARTS) is 1. The highest BCUT2D eigenvalue weighted by Crippen LogP contribution is 2.32. The fraction of sp³-hybridized carbons (Fsp3) is 0.100. The minimum absolute atomic E-state index is 0.107. The van der Waals surface area contributed by atoms with Crippen LogP contribution >= 0.6 is 0 Å². The van der Waals surface area contributed by atoms with Crippen molar-refractivity contribution in [3.05, 3.63) is 59.5 Å². The molecule has 0 spiro atoms. The zero-order valence-corrected chi connectivity index (χ0v) is 13.9. The fourth-order valence-electron chi connectivity index (χ4n) is 2.72. The quantitative estimate of drug-likeness (QED) is 0.668. The van der Waals surface area contributed by atoms with Gasteiger partial charge in [0.1, 0.15) is 23.1 Å². The van der Waals surface area contributed by atoms with Gasteiger partial charge in [-0.15, -0.1) is 0 Å². The number of carboxylic acids is 1. The highest BCUT2D eigenvalue weighted by atomic mass is 19.1. The molecule has 0 unspecified atom stereocenters. The largest absolute Gasteiger partial charge is 0.504 e. The van der Waals surface area contributed by atoms with Crippen molar-refractivity contribution in [2.24, 2.45) is 0 Å². The number of aromatic hydroxyl groups is 1. The van der Waals surface area contributed by atoms with Crippen LogP contribution in [0, 0.1) is 17.1 Å². The maximum absolute atomic E-state index is 13.1. The van der Waals surface area contributed by atoms with E-state index in [1.807, 2.05) is 6.07 Å². The van der Waals surface area contributed by atoms with E-state index in [4.69, 9.17) is 5.11 Å². The maximum Gasteiger partial charge on any atom is 0.303 e. The lowest BCUT2D eigenvalue weighted by Crippen LogP contribution is -2.07. The molecule has 3 rings (SSSR count). The van der Waals surface area contributed by atoms with E-state index in [0.29, 0.717) is 22.0 Å². The van der Waals surface area contributed by atoms with E-state index in [1.54, 1.807) is 30.3 Å². The number of carbonyl (C=O) groups excluding carboxylic acids is 1. The second kappa shape index (κ2) is 7.22. The number of hydrogen-bond acceptors (Lipinski definition) is 5. The number of carbonyl (C=O) groups is 2. The van der Waals surface area contributed by atoms with Crippen LogP contribution in [0.4, 0.5) is 4.39 Å². The van der Waals surface area contributed by atoms with Crippen molar-refractivity contribution in [2.45, 2.75) is 12.8 Å². The molecule has 0 radical (unpaired) electrons. The summed E-state index contributed by atoms with van der Waals surface area (Å²) >= 11 is 0. The van der Waals surface area contributed by atoms with Gasteiger partial charge in [0.2, 0.25) is 0 Å². The number of Topliss-reactive ketones (excluding diaryl/α,β-unsaturated/α-hetero) is 1. The predicted octanol–water partition coefficient (Wildman–Crippen LogP) is 3.67. The molecule has 27 heavy (non-hydrogen) atoms. The van der Waals surface area contributed by atoms with E-state index in [9.17, 15) is 24.3 Å². The minimum Gasteiger partial charge on any atom is -0.504 e. The normalized spacial score (nSPS) is 10.5. The van der Waals surface area contributed by atoms with Crippen LogP contribution in [-0.4, -0.2) is 26.9 Å². The molecule has 0 aliphatic rings. The Hall–Kier alpha value is -3.79.